The Bertz CT molecular complexity index is 828. The van der Waals surface area contributed by atoms with E-state index in [1.165, 1.54) is 7.11 Å². The molecule has 1 fully saturated rings. The first-order valence-electron chi connectivity index (χ1n) is 8.80. The van der Waals surface area contributed by atoms with Gasteiger partial charge in [-0.2, -0.15) is 5.10 Å². The van der Waals surface area contributed by atoms with Crippen molar-refractivity contribution in [2.75, 3.05) is 20.2 Å². The topological polar surface area (TPSA) is 88.2 Å². The van der Waals surface area contributed by atoms with Crippen molar-refractivity contribution in [3.8, 4) is 0 Å². The highest BCUT2D eigenvalue weighted by atomic mass is 16.5. The third-order valence-electron chi connectivity index (χ3n) is 4.71. The van der Waals surface area contributed by atoms with E-state index in [1.807, 2.05) is 31.7 Å². The van der Waals surface area contributed by atoms with Crippen LogP contribution in [0.4, 0.5) is 0 Å². The number of likely N-dealkylation sites (tertiary alicyclic amines) is 1. The number of methoxy groups -OCH3 is 1. The molecular weight excluding hydrogens is 332 g/mol. The Kier molecular flexibility index (Phi) is 5.06. The minimum atomic E-state index is -0.374. The minimum absolute atomic E-state index is 0.0484. The van der Waals surface area contributed by atoms with Crippen LogP contribution < -0.4 is 0 Å². The summed E-state index contributed by atoms with van der Waals surface area (Å²) < 4.78 is 4.81. The summed E-state index contributed by atoms with van der Waals surface area (Å²) in [5.41, 5.74) is 3.49. The maximum absolute atomic E-state index is 12.7. The van der Waals surface area contributed by atoms with E-state index in [2.05, 4.69) is 15.2 Å². The van der Waals surface area contributed by atoms with E-state index < -0.39 is 0 Å². The number of aromatic nitrogens is 3. The van der Waals surface area contributed by atoms with Gasteiger partial charge in [0.2, 0.25) is 0 Å². The monoisotopic (exact) mass is 356 g/mol. The highest BCUT2D eigenvalue weighted by Crippen LogP contribution is 2.28. The summed E-state index contributed by atoms with van der Waals surface area (Å²) in [6, 6.07) is 5.30. The first-order chi connectivity index (χ1) is 12.4. The molecule has 7 nitrogen and oxygen atoms in total. The number of amides is 1. The van der Waals surface area contributed by atoms with Crippen molar-refractivity contribution < 1.29 is 14.3 Å². The number of nitrogens with one attached hydrogen (secondary N) is 1. The van der Waals surface area contributed by atoms with E-state index in [1.54, 1.807) is 12.1 Å². The van der Waals surface area contributed by atoms with Crippen LogP contribution in [-0.4, -0.2) is 52.2 Å². The number of H-pyrrole nitrogens is 1. The fourth-order valence-corrected chi connectivity index (χ4v) is 3.24. The quantitative estimate of drug-likeness (QED) is 0.851. The lowest BCUT2D eigenvalue weighted by Crippen LogP contribution is -2.28. The Balaban J connectivity index is 1.75. The predicted molar refractivity (Wildman–Crippen MR) is 96.3 cm³/mol. The normalized spacial score (nSPS) is 17.0. The van der Waals surface area contributed by atoms with Crippen molar-refractivity contribution in [1.29, 1.82) is 0 Å². The van der Waals surface area contributed by atoms with Gasteiger partial charge in [0.15, 0.2) is 0 Å². The van der Waals surface area contributed by atoms with E-state index in [9.17, 15) is 9.59 Å². The van der Waals surface area contributed by atoms with E-state index in [-0.39, 0.29) is 23.7 Å². The number of carbonyl (C=O) groups is 2. The van der Waals surface area contributed by atoms with Gasteiger partial charge in [-0.05, 0) is 37.5 Å². The summed E-state index contributed by atoms with van der Waals surface area (Å²) in [6.45, 7) is 7.16. The molecule has 1 aliphatic rings. The standard InChI is InChI=1S/C19H24N4O3/c1-11(2)15-9-17(22-21-15)18(24)23-6-5-13(10-23)16-8-14(19(25)26-4)7-12(3)20-16/h7-9,11,13H,5-6,10H2,1-4H3,(H,21,22). The molecule has 0 saturated carbocycles. The van der Waals surface area contributed by atoms with Crippen LogP contribution in [0.2, 0.25) is 0 Å². The lowest BCUT2D eigenvalue weighted by molar-refractivity contribution is 0.0599. The van der Waals surface area contributed by atoms with E-state index in [4.69, 9.17) is 4.74 Å². The van der Waals surface area contributed by atoms with Crippen molar-refractivity contribution in [1.82, 2.24) is 20.1 Å². The van der Waals surface area contributed by atoms with Gasteiger partial charge in [-0.1, -0.05) is 13.8 Å². The summed E-state index contributed by atoms with van der Waals surface area (Å²) >= 11 is 0. The Morgan fingerprint density at radius 1 is 1.31 bits per heavy atom. The fourth-order valence-electron chi connectivity index (χ4n) is 3.24. The Hall–Kier alpha value is -2.70. The summed E-state index contributed by atoms with van der Waals surface area (Å²) in [4.78, 5) is 30.9. The molecule has 1 aliphatic heterocycles. The van der Waals surface area contributed by atoms with Crippen LogP contribution in [0.15, 0.2) is 18.2 Å². The van der Waals surface area contributed by atoms with Gasteiger partial charge in [-0.15, -0.1) is 0 Å². The smallest absolute Gasteiger partial charge is 0.337 e. The van der Waals surface area contributed by atoms with E-state index >= 15 is 0 Å². The molecule has 0 bridgehead atoms. The molecule has 0 aromatic carbocycles. The number of pyridine rings is 1. The van der Waals surface area contributed by atoms with Crippen LogP contribution in [0.25, 0.3) is 0 Å². The molecule has 0 spiro atoms. The number of carbonyl (C=O) groups excluding carboxylic acids is 2. The van der Waals surface area contributed by atoms with Crippen LogP contribution in [0.3, 0.4) is 0 Å². The molecular formula is C19H24N4O3. The second-order valence-electron chi connectivity index (χ2n) is 7.01. The molecule has 0 radical (unpaired) electrons. The van der Waals surface area contributed by atoms with Gasteiger partial charge in [0.05, 0.1) is 18.4 Å². The predicted octanol–water partition coefficient (Wildman–Crippen LogP) is 2.65. The SMILES string of the molecule is COC(=O)c1cc(C)nc(C2CCN(C(=O)c3cc(C(C)C)n[nH]3)C2)c1. The number of nitrogens with zero attached hydrogens (tertiary/aromatic N) is 3. The molecule has 3 rings (SSSR count). The zero-order valence-electron chi connectivity index (χ0n) is 15.6. The zero-order chi connectivity index (χ0) is 18.8. The van der Waals surface area contributed by atoms with Gasteiger partial charge >= 0.3 is 5.97 Å². The molecule has 1 saturated heterocycles. The molecule has 138 valence electrons. The molecule has 2 aromatic rings. The Labute approximate surface area is 152 Å². The van der Waals surface area contributed by atoms with Crippen molar-refractivity contribution >= 4 is 11.9 Å². The van der Waals surface area contributed by atoms with Crippen LogP contribution in [0.1, 0.15) is 70.0 Å². The van der Waals surface area contributed by atoms with Gasteiger partial charge in [-0.25, -0.2) is 4.79 Å². The molecule has 26 heavy (non-hydrogen) atoms. The fraction of sp³-hybridized carbons (Fsp3) is 0.474. The second kappa shape index (κ2) is 7.27. The second-order valence-corrected chi connectivity index (χ2v) is 7.01. The van der Waals surface area contributed by atoms with Gasteiger partial charge < -0.3 is 9.64 Å². The molecule has 2 aromatic heterocycles. The lowest BCUT2D eigenvalue weighted by Gasteiger charge is -2.16. The van der Waals surface area contributed by atoms with Gasteiger partial charge in [-0.3, -0.25) is 14.9 Å². The molecule has 1 N–H and O–H groups in total. The number of aromatic amines is 1. The highest BCUT2D eigenvalue weighted by molar-refractivity contribution is 5.92. The first kappa shape index (κ1) is 18.1. The van der Waals surface area contributed by atoms with Crippen molar-refractivity contribution in [2.24, 2.45) is 0 Å². The number of hydrogen-bond acceptors (Lipinski definition) is 5. The number of hydrogen-bond donors (Lipinski definition) is 1. The maximum Gasteiger partial charge on any atom is 0.337 e. The van der Waals surface area contributed by atoms with Gasteiger partial charge in [0.25, 0.3) is 5.91 Å². The van der Waals surface area contributed by atoms with Crippen LogP contribution in [-0.2, 0) is 4.74 Å². The number of aryl methyl sites for hydroxylation is 1. The summed E-state index contributed by atoms with van der Waals surface area (Å²) in [5, 5.41) is 7.04. The maximum atomic E-state index is 12.7. The van der Waals surface area contributed by atoms with Gasteiger partial charge in [0, 0.05) is 30.4 Å². The highest BCUT2D eigenvalue weighted by Gasteiger charge is 2.30. The van der Waals surface area contributed by atoms with E-state index in [0.717, 1.165) is 23.5 Å². The van der Waals surface area contributed by atoms with Crippen LogP contribution in [0.5, 0.6) is 0 Å². The minimum Gasteiger partial charge on any atom is -0.465 e. The molecule has 1 amide bonds. The van der Waals surface area contributed by atoms with Crippen molar-refractivity contribution in [2.45, 2.75) is 39.0 Å². The summed E-state index contributed by atoms with van der Waals surface area (Å²) in [7, 11) is 1.36. The first-order valence-corrected chi connectivity index (χ1v) is 8.80. The number of rotatable bonds is 4. The summed E-state index contributed by atoms with van der Waals surface area (Å²) in [5.74, 6) is -0.0452. The molecule has 7 heteroatoms. The number of ether oxygens (including phenoxy) is 1. The molecule has 1 unspecified atom stereocenters. The van der Waals surface area contributed by atoms with Crippen molar-refractivity contribution in [3.05, 3.63) is 46.5 Å². The largest absolute Gasteiger partial charge is 0.465 e. The van der Waals surface area contributed by atoms with Crippen molar-refractivity contribution in [3.63, 3.8) is 0 Å². The third-order valence-corrected chi connectivity index (χ3v) is 4.71. The zero-order valence-corrected chi connectivity index (χ0v) is 15.6. The average molecular weight is 356 g/mol. The number of esters is 1. The summed E-state index contributed by atoms with van der Waals surface area (Å²) in [6.07, 6.45) is 0.813. The molecule has 1 atom stereocenters. The van der Waals surface area contributed by atoms with E-state index in [0.29, 0.717) is 24.3 Å². The van der Waals surface area contributed by atoms with Crippen LogP contribution in [0, 0.1) is 6.92 Å². The van der Waals surface area contributed by atoms with Gasteiger partial charge in [0.1, 0.15) is 5.69 Å². The third kappa shape index (κ3) is 3.61. The Morgan fingerprint density at radius 2 is 2.08 bits per heavy atom. The van der Waals surface area contributed by atoms with Crippen LogP contribution >= 0.6 is 0 Å². The average Bonchev–Trinajstić information content (AvgIpc) is 3.29. The molecule has 0 aliphatic carbocycles. The lowest BCUT2D eigenvalue weighted by atomic mass is 10.0. The Morgan fingerprint density at radius 3 is 2.73 bits per heavy atom. The molecule has 3 heterocycles.